The Labute approximate surface area is 127 Å². The van der Waals surface area contributed by atoms with Gasteiger partial charge < -0.3 is 15.8 Å². The van der Waals surface area contributed by atoms with E-state index >= 15 is 0 Å². The summed E-state index contributed by atoms with van der Waals surface area (Å²) in [4.78, 5) is 12.4. The predicted octanol–water partition coefficient (Wildman–Crippen LogP) is 2.61. The lowest BCUT2D eigenvalue weighted by atomic mass is 9.76. The third-order valence-electron chi connectivity index (χ3n) is 4.15. The number of hydrogen-bond donors (Lipinski definition) is 2. The molecule has 1 aromatic carbocycles. The van der Waals surface area contributed by atoms with Crippen LogP contribution in [-0.4, -0.2) is 18.1 Å². The lowest BCUT2D eigenvalue weighted by Crippen LogP contribution is -2.56. The number of benzene rings is 1. The van der Waals surface area contributed by atoms with E-state index in [0.717, 1.165) is 30.6 Å². The van der Waals surface area contributed by atoms with E-state index in [-0.39, 0.29) is 5.91 Å². The van der Waals surface area contributed by atoms with Crippen molar-refractivity contribution in [3.8, 4) is 5.75 Å². The SMILES string of the molecule is CCOc1cccc(CNC(=O)C2(N)CCCC(C)C2)c1. The van der Waals surface area contributed by atoms with Crippen LogP contribution in [0.25, 0.3) is 0 Å². The van der Waals surface area contributed by atoms with Gasteiger partial charge in [0.25, 0.3) is 0 Å². The third-order valence-corrected chi connectivity index (χ3v) is 4.15. The fourth-order valence-electron chi connectivity index (χ4n) is 3.07. The largest absolute Gasteiger partial charge is 0.494 e. The Hall–Kier alpha value is -1.55. The van der Waals surface area contributed by atoms with Gasteiger partial charge in [-0.3, -0.25) is 4.79 Å². The summed E-state index contributed by atoms with van der Waals surface area (Å²) in [6.07, 6.45) is 3.76. The molecule has 0 aliphatic heterocycles. The van der Waals surface area contributed by atoms with Crippen molar-refractivity contribution in [1.82, 2.24) is 5.32 Å². The molecular weight excluding hydrogens is 264 g/mol. The minimum atomic E-state index is -0.699. The number of amides is 1. The summed E-state index contributed by atoms with van der Waals surface area (Å²) in [6, 6.07) is 7.79. The molecule has 2 rings (SSSR count). The molecule has 0 spiro atoms. The maximum atomic E-state index is 12.4. The molecule has 0 radical (unpaired) electrons. The monoisotopic (exact) mass is 290 g/mol. The summed E-state index contributed by atoms with van der Waals surface area (Å²) in [7, 11) is 0. The van der Waals surface area contributed by atoms with Crippen molar-refractivity contribution >= 4 is 5.91 Å². The zero-order valence-corrected chi connectivity index (χ0v) is 13.0. The van der Waals surface area contributed by atoms with Crippen molar-refractivity contribution in [3.05, 3.63) is 29.8 Å². The molecule has 0 saturated heterocycles. The Kier molecular flexibility index (Phi) is 5.23. The van der Waals surface area contributed by atoms with Gasteiger partial charge in [0.1, 0.15) is 5.75 Å². The van der Waals surface area contributed by atoms with Gasteiger partial charge in [0, 0.05) is 6.54 Å². The van der Waals surface area contributed by atoms with Gasteiger partial charge in [0.05, 0.1) is 12.1 Å². The first-order chi connectivity index (χ1) is 10.0. The highest BCUT2D eigenvalue weighted by Gasteiger charge is 2.37. The maximum absolute atomic E-state index is 12.4. The van der Waals surface area contributed by atoms with E-state index in [4.69, 9.17) is 10.5 Å². The average molecular weight is 290 g/mol. The minimum absolute atomic E-state index is 0.0316. The van der Waals surface area contributed by atoms with Crippen LogP contribution < -0.4 is 15.8 Å². The van der Waals surface area contributed by atoms with Gasteiger partial charge in [0.2, 0.25) is 5.91 Å². The molecule has 1 saturated carbocycles. The molecule has 1 aromatic rings. The zero-order chi connectivity index (χ0) is 15.3. The Morgan fingerprint density at radius 3 is 3.05 bits per heavy atom. The van der Waals surface area contributed by atoms with Gasteiger partial charge in [-0.25, -0.2) is 0 Å². The van der Waals surface area contributed by atoms with Crippen LogP contribution in [0.2, 0.25) is 0 Å². The number of nitrogens with one attached hydrogen (secondary N) is 1. The molecule has 0 heterocycles. The number of carbonyl (C=O) groups is 1. The van der Waals surface area contributed by atoms with Crippen molar-refractivity contribution in [2.45, 2.75) is 51.6 Å². The lowest BCUT2D eigenvalue weighted by molar-refractivity contribution is -0.128. The van der Waals surface area contributed by atoms with Crippen LogP contribution >= 0.6 is 0 Å². The summed E-state index contributed by atoms with van der Waals surface area (Å²) in [6.45, 7) is 5.25. The molecule has 4 nitrogen and oxygen atoms in total. The molecule has 1 aliphatic rings. The second-order valence-corrected chi connectivity index (χ2v) is 6.12. The molecule has 0 aromatic heterocycles. The van der Waals surface area contributed by atoms with Gasteiger partial charge in [-0.2, -0.15) is 0 Å². The number of rotatable bonds is 5. The molecule has 21 heavy (non-hydrogen) atoms. The van der Waals surface area contributed by atoms with E-state index in [0.29, 0.717) is 19.1 Å². The van der Waals surface area contributed by atoms with E-state index < -0.39 is 5.54 Å². The number of nitrogens with two attached hydrogens (primary N) is 1. The summed E-state index contributed by atoms with van der Waals surface area (Å²) >= 11 is 0. The normalized spacial score (nSPS) is 25.4. The fraction of sp³-hybridized carbons (Fsp3) is 0.588. The lowest BCUT2D eigenvalue weighted by Gasteiger charge is -2.35. The van der Waals surface area contributed by atoms with Gasteiger partial charge in [-0.15, -0.1) is 0 Å². The highest BCUT2D eigenvalue weighted by Crippen LogP contribution is 2.30. The van der Waals surface area contributed by atoms with Crippen molar-refractivity contribution in [2.24, 2.45) is 11.7 Å². The Balaban J connectivity index is 1.93. The molecule has 116 valence electrons. The first-order valence-electron chi connectivity index (χ1n) is 7.82. The van der Waals surface area contributed by atoms with Crippen LogP contribution in [0.3, 0.4) is 0 Å². The van der Waals surface area contributed by atoms with E-state index in [1.165, 1.54) is 6.42 Å². The highest BCUT2D eigenvalue weighted by atomic mass is 16.5. The van der Waals surface area contributed by atoms with Gasteiger partial charge in [-0.1, -0.05) is 31.9 Å². The summed E-state index contributed by atoms with van der Waals surface area (Å²) in [5.41, 5.74) is 6.63. The topological polar surface area (TPSA) is 64.3 Å². The van der Waals surface area contributed by atoms with Crippen LogP contribution in [0, 0.1) is 5.92 Å². The van der Waals surface area contributed by atoms with Gasteiger partial charge in [-0.05, 0) is 43.4 Å². The van der Waals surface area contributed by atoms with Crippen molar-refractivity contribution < 1.29 is 9.53 Å². The van der Waals surface area contributed by atoms with E-state index in [9.17, 15) is 4.79 Å². The maximum Gasteiger partial charge on any atom is 0.240 e. The summed E-state index contributed by atoms with van der Waals surface area (Å²) < 4.78 is 5.47. The number of carbonyl (C=O) groups excluding carboxylic acids is 1. The second kappa shape index (κ2) is 6.94. The summed E-state index contributed by atoms with van der Waals surface area (Å²) in [5.74, 6) is 1.32. The molecular formula is C17H26N2O2. The molecule has 2 unspecified atom stereocenters. The van der Waals surface area contributed by atoms with Crippen molar-refractivity contribution in [3.63, 3.8) is 0 Å². The van der Waals surface area contributed by atoms with Crippen LogP contribution in [-0.2, 0) is 11.3 Å². The highest BCUT2D eigenvalue weighted by molar-refractivity contribution is 5.86. The Bertz CT molecular complexity index is 489. The first-order valence-corrected chi connectivity index (χ1v) is 7.82. The van der Waals surface area contributed by atoms with Crippen molar-refractivity contribution in [2.75, 3.05) is 6.61 Å². The second-order valence-electron chi connectivity index (χ2n) is 6.12. The standard InChI is InChI=1S/C17H26N2O2/c1-3-21-15-8-4-7-14(10-15)12-19-16(20)17(18)9-5-6-13(2)11-17/h4,7-8,10,13H,3,5-6,9,11-12,18H2,1-2H3,(H,19,20). The molecule has 1 aliphatic carbocycles. The van der Waals surface area contributed by atoms with Crippen LogP contribution in [0.4, 0.5) is 0 Å². The minimum Gasteiger partial charge on any atom is -0.494 e. The molecule has 3 N–H and O–H groups in total. The van der Waals surface area contributed by atoms with Crippen LogP contribution in [0.15, 0.2) is 24.3 Å². The predicted molar refractivity (Wildman–Crippen MR) is 84.0 cm³/mol. The van der Waals surface area contributed by atoms with E-state index in [2.05, 4.69) is 12.2 Å². The number of hydrogen-bond acceptors (Lipinski definition) is 3. The van der Waals surface area contributed by atoms with Crippen LogP contribution in [0.5, 0.6) is 5.75 Å². The summed E-state index contributed by atoms with van der Waals surface area (Å²) in [5, 5.41) is 2.98. The Morgan fingerprint density at radius 1 is 1.52 bits per heavy atom. The van der Waals surface area contributed by atoms with Crippen molar-refractivity contribution in [1.29, 1.82) is 0 Å². The van der Waals surface area contributed by atoms with Gasteiger partial charge >= 0.3 is 0 Å². The molecule has 1 fully saturated rings. The van der Waals surface area contributed by atoms with Crippen LogP contribution in [0.1, 0.15) is 45.1 Å². The van der Waals surface area contributed by atoms with E-state index in [1.807, 2.05) is 31.2 Å². The zero-order valence-electron chi connectivity index (χ0n) is 13.0. The fourth-order valence-corrected chi connectivity index (χ4v) is 3.07. The average Bonchev–Trinajstić information content (AvgIpc) is 2.45. The Morgan fingerprint density at radius 2 is 2.33 bits per heavy atom. The molecule has 1 amide bonds. The molecule has 0 bridgehead atoms. The van der Waals surface area contributed by atoms with E-state index in [1.54, 1.807) is 0 Å². The third kappa shape index (κ3) is 4.21. The van der Waals surface area contributed by atoms with Gasteiger partial charge in [0.15, 0.2) is 0 Å². The molecule has 2 atom stereocenters. The molecule has 4 heteroatoms. The number of ether oxygens (including phenoxy) is 1. The first kappa shape index (κ1) is 15.8. The smallest absolute Gasteiger partial charge is 0.240 e. The quantitative estimate of drug-likeness (QED) is 0.876.